The van der Waals surface area contributed by atoms with E-state index in [0.29, 0.717) is 5.02 Å². The van der Waals surface area contributed by atoms with Crippen molar-refractivity contribution < 1.29 is 19.1 Å². The lowest BCUT2D eigenvalue weighted by Crippen LogP contribution is -2.34. The van der Waals surface area contributed by atoms with Crippen molar-refractivity contribution in [3.8, 4) is 0 Å². The van der Waals surface area contributed by atoms with E-state index in [-0.39, 0.29) is 13.2 Å². The van der Waals surface area contributed by atoms with Crippen LogP contribution in [0.2, 0.25) is 5.02 Å². The van der Waals surface area contributed by atoms with E-state index >= 15 is 0 Å². The van der Waals surface area contributed by atoms with Crippen LogP contribution < -0.4 is 0 Å². The molecule has 0 saturated carbocycles. The number of ether oxygens (including phenoxy) is 2. The van der Waals surface area contributed by atoms with E-state index < -0.39 is 23.8 Å². The molecule has 0 saturated heterocycles. The maximum Gasteiger partial charge on any atom is 0.321 e. The topological polar surface area (TPSA) is 52.6 Å². The van der Waals surface area contributed by atoms with Crippen LogP contribution in [0.5, 0.6) is 0 Å². The number of benzene rings is 2. The zero-order valence-corrected chi connectivity index (χ0v) is 15.0. The lowest BCUT2D eigenvalue weighted by atomic mass is 9.80. The van der Waals surface area contributed by atoms with Crippen molar-refractivity contribution in [1.29, 1.82) is 0 Å². The summed E-state index contributed by atoms with van der Waals surface area (Å²) in [6.45, 7) is 3.80. The number of rotatable bonds is 7. The first kappa shape index (κ1) is 19.0. The highest BCUT2D eigenvalue weighted by Gasteiger charge is 2.39. The molecule has 0 fully saturated rings. The Labute approximate surface area is 152 Å². The second-order valence-electron chi connectivity index (χ2n) is 5.42. The summed E-state index contributed by atoms with van der Waals surface area (Å²) in [5.74, 6) is -2.78. The Balaban J connectivity index is 2.54. The molecule has 1 atom stereocenters. The van der Waals surface area contributed by atoms with Gasteiger partial charge in [0.2, 0.25) is 0 Å². The highest BCUT2D eigenvalue weighted by atomic mass is 35.5. The Morgan fingerprint density at radius 2 is 1.32 bits per heavy atom. The lowest BCUT2D eigenvalue weighted by Gasteiger charge is -2.25. The number of esters is 2. The second kappa shape index (κ2) is 9.23. The van der Waals surface area contributed by atoms with Gasteiger partial charge in [0.25, 0.3) is 0 Å². The molecule has 0 aliphatic rings. The van der Waals surface area contributed by atoms with Crippen molar-refractivity contribution in [2.24, 2.45) is 5.92 Å². The van der Waals surface area contributed by atoms with Crippen LogP contribution in [0.25, 0.3) is 0 Å². The molecule has 0 aliphatic heterocycles. The summed E-state index contributed by atoms with van der Waals surface area (Å²) in [6, 6.07) is 16.5. The minimum absolute atomic E-state index is 0.191. The van der Waals surface area contributed by atoms with E-state index in [2.05, 4.69) is 0 Å². The molecule has 0 radical (unpaired) electrons. The summed E-state index contributed by atoms with van der Waals surface area (Å²) < 4.78 is 10.3. The Morgan fingerprint density at radius 1 is 0.840 bits per heavy atom. The van der Waals surface area contributed by atoms with Crippen molar-refractivity contribution in [2.75, 3.05) is 13.2 Å². The van der Waals surface area contributed by atoms with Gasteiger partial charge in [-0.05, 0) is 37.1 Å². The van der Waals surface area contributed by atoms with Gasteiger partial charge in [-0.1, -0.05) is 54.1 Å². The van der Waals surface area contributed by atoms with Gasteiger partial charge in [0, 0.05) is 10.9 Å². The lowest BCUT2D eigenvalue weighted by molar-refractivity contribution is -0.162. The van der Waals surface area contributed by atoms with E-state index in [1.54, 1.807) is 26.0 Å². The van der Waals surface area contributed by atoms with Crippen LogP contribution in [-0.4, -0.2) is 25.2 Å². The van der Waals surface area contributed by atoms with Crippen LogP contribution in [0, 0.1) is 5.92 Å². The fourth-order valence-electron chi connectivity index (χ4n) is 2.74. The molecule has 0 amide bonds. The number of hydrogen-bond donors (Lipinski definition) is 0. The van der Waals surface area contributed by atoms with Crippen LogP contribution in [-0.2, 0) is 19.1 Å². The quantitative estimate of drug-likeness (QED) is 0.548. The summed E-state index contributed by atoms with van der Waals surface area (Å²) in [4.78, 5) is 25.1. The average Bonchev–Trinajstić information content (AvgIpc) is 2.61. The summed E-state index contributed by atoms with van der Waals surface area (Å²) >= 11 is 5.98. The molecule has 25 heavy (non-hydrogen) atoms. The Kier molecular flexibility index (Phi) is 7.02. The summed E-state index contributed by atoms with van der Waals surface area (Å²) in [6.07, 6.45) is 0. The van der Waals surface area contributed by atoms with Crippen LogP contribution in [0.15, 0.2) is 54.6 Å². The molecule has 0 heterocycles. The van der Waals surface area contributed by atoms with Crippen molar-refractivity contribution in [3.63, 3.8) is 0 Å². The molecule has 5 heteroatoms. The predicted octanol–water partition coefficient (Wildman–Crippen LogP) is 4.21. The first-order valence-electron chi connectivity index (χ1n) is 8.22. The predicted molar refractivity (Wildman–Crippen MR) is 96.5 cm³/mol. The zero-order chi connectivity index (χ0) is 18.2. The van der Waals surface area contributed by atoms with Crippen LogP contribution in [0.1, 0.15) is 30.9 Å². The van der Waals surface area contributed by atoms with Crippen molar-refractivity contribution in [1.82, 2.24) is 0 Å². The molecule has 0 spiro atoms. The fourth-order valence-corrected chi connectivity index (χ4v) is 2.87. The molecule has 2 aromatic carbocycles. The first-order chi connectivity index (χ1) is 12.1. The van der Waals surface area contributed by atoms with Gasteiger partial charge in [0.1, 0.15) is 0 Å². The third-order valence-electron chi connectivity index (χ3n) is 3.80. The fraction of sp³-hybridized carbons (Fsp3) is 0.300. The van der Waals surface area contributed by atoms with Crippen molar-refractivity contribution >= 4 is 23.5 Å². The zero-order valence-electron chi connectivity index (χ0n) is 14.3. The first-order valence-corrected chi connectivity index (χ1v) is 8.60. The largest absolute Gasteiger partial charge is 0.465 e. The third kappa shape index (κ3) is 4.83. The van der Waals surface area contributed by atoms with Gasteiger partial charge in [0.05, 0.1) is 13.2 Å². The highest BCUT2D eigenvalue weighted by Crippen LogP contribution is 2.34. The molecule has 132 valence electrons. The number of halogens is 1. The highest BCUT2D eigenvalue weighted by molar-refractivity contribution is 6.30. The van der Waals surface area contributed by atoms with Crippen LogP contribution in [0.4, 0.5) is 0 Å². The second-order valence-corrected chi connectivity index (χ2v) is 5.86. The normalized spacial score (nSPS) is 11.8. The summed E-state index contributed by atoms with van der Waals surface area (Å²) in [5, 5.41) is 0.583. The van der Waals surface area contributed by atoms with E-state index in [1.165, 1.54) is 0 Å². The van der Waals surface area contributed by atoms with Gasteiger partial charge in [-0.15, -0.1) is 0 Å². The standard InChI is InChI=1S/C20H21ClO4/c1-3-24-19(22)18(20(23)25-4-2)17(14-8-6-5-7-9-14)15-10-12-16(21)13-11-15/h5-13,17-18H,3-4H2,1-2H3/t17-/m1/s1. The molecule has 0 N–H and O–H groups in total. The molecule has 4 nitrogen and oxygen atoms in total. The van der Waals surface area contributed by atoms with Gasteiger partial charge >= 0.3 is 11.9 Å². The molecule has 0 aromatic heterocycles. The molecule has 0 bridgehead atoms. The maximum absolute atomic E-state index is 12.6. The Hall–Kier alpha value is -2.33. The van der Waals surface area contributed by atoms with Crippen molar-refractivity contribution in [3.05, 3.63) is 70.7 Å². The van der Waals surface area contributed by atoms with Gasteiger partial charge in [-0.3, -0.25) is 9.59 Å². The summed E-state index contributed by atoms with van der Waals surface area (Å²) in [5.41, 5.74) is 1.62. The maximum atomic E-state index is 12.6. The monoisotopic (exact) mass is 360 g/mol. The van der Waals surface area contributed by atoms with E-state index in [1.807, 2.05) is 42.5 Å². The van der Waals surface area contributed by atoms with E-state index in [4.69, 9.17) is 21.1 Å². The third-order valence-corrected chi connectivity index (χ3v) is 4.05. The minimum atomic E-state index is -1.08. The van der Waals surface area contributed by atoms with Gasteiger partial charge < -0.3 is 9.47 Å². The SMILES string of the molecule is CCOC(=O)C(C(=O)OCC)[C@H](c1ccccc1)c1ccc(Cl)cc1. The average molecular weight is 361 g/mol. The Bertz CT molecular complexity index is 679. The molecule has 0 unspecified atom stereocenters. The smallest absolute Gasteiger partial charge is 0.321 e. The molecule has 2 rings (SSSR count). The van der Waals surface area contributed by atoms with E-state index in [9.17, 15) is 9.59 Å². The van der Waals surface area contributed by atoms with Crippen LogP contribution in [0.3, 0.4) is 0 Å². The molecular weight excluding hydrogens is 340 g/mol. The van der Waals surface area contributed by atoms with Gasteiger partial charge in [-0.2, -0.15) is 0 Å². The van der Waals surface area contributed by atoms with Gasteiger partial charge in [-0.25, -0.2) is 0 Å². The molecular formula is C20H21ClO4. The summed E-state index contributed by atoms with van der Waals surface area (Å²) in [7, 11) is 0. The molecule has 0 aliphatic carbocycles. The van der Waals surface area contributed by atoms with Gasteiger partial charge in [0.15, 0.2) is 5.92 Å². The Morgan fingerprint density at radius 3 is 1.80 bits per heavy atom. The molecule has 2 aromatic rings. The van der Waals surface area contributed by atoms with Crippen molar-refractivity contribution in [2.45, 2.75) is 19.8 Å². The number of carbonyl (C=O) groups is 2. The van der Waals surface area contributed by atoms with Crippen LogP contribution >= 0.6 is 11.6 Å². The number of carbonyl (C=O) groups excluding carboxylic acids is 2. The van der Waals surface area contributed by atoms with E-state index in [0.717, 1.165) is 11.1 Å². The minimum Gasteiger partial charge on any atom is -0.465 e. The number of hydrogen-bond acceptors (Lipinski definition) is 4.